The Hall–Kier alpha value is -2.39. The predicted molar refractivity (Wildman–Crippen MR) is 111 cm³/mol. The van der Waals surface area contributed by atoms with E-state index in [1.807, 2.05) is 35.0 Å². The van der Waals surface area contributed by atoms with Crippen molar-refractivity contribution in [2.24, 2.45) is 4.99 Å². The lowest BCUT2D eigenvalue weighted by Gasteiger charge is -2.36. The number of guanidine groups is 1. The Balaban J connectivity index is 1.38. The van der Waals surface area contributed by atoms with E-state index < -0.39 is 0 Å². The molecule has 0 atom stereocenters. The molecule has 1 fully saturated rings. The largest absolute Gasteiger partial charge is 0.364 e. The van der Waals surface area contributed by atoms with E-state index >= 15 is 0 Å². The van der Waals surface area contributed by atoms with Crippen LogP contribution in [-0.2, 0) is 13.1 Å². The Kier molecular flexibility index (Phi) is 5.92. The van der Waals surface area contributed by atoms with E-state index in [4.69, 9.17) is 9.52 Å². The van der Waals surface area contributed by atoms with Gasteiger partial charge < -0.3 is 19.1 Å². The van der Waals surface area contributed by atoms with Gasteiger partial charge in [-0.1, -0.05) is 5.16 Å². The molecule has 4 heterocycles. The van der Waals surface area contributed by atoms with Crippen LogP contribution in [0.25, 0.3) is 5.65 Å². The molecule has 4 rings (SSSR count). The van der Waals surface area contributed by atoms with Crippen molar-refractivity contribution in [2.75, 3.05) is 32.7 Å². The molecule has 0 bridgehead atoms. The van der Waals surface area contributed by atoms with E-state index in [2.05, 4.69) is 48.1 Å². The van der Waals surface area contributed by atoms with Gasteiger partial charge in [0.2, 0.25) is 0 Å². The Morgan fingerprint density at radius 2 is 2.04 bits per heavy atom. The van der Waals surface area contributed by atoms with Crippen LogP contribution in [0.4, 0.5) is 0 Å². The van der Waals surface area contributed by atoms with Crippen LogP contribution in [0, 0.1) is 0 Å². The van der Waals surface area contributed by atoms with Crippen molar-refractivity contribution in [1.29, 1.82) is 0 Å². The average molecular weight is 446 g/mol. The number of pyridine rings is 1. The maximum Gasteiger partial charge on any atom is 0.194 e. The second-order valence-corrected chi connectivity index (χ2v) is 7.68. The minimum atomic E-state index is 0.556. The average Bonchev–Trinajstić information content (AvgIpc) is 3.35. The molecule has 1 aliphatic rings. The molecule has 3 aromatic rings. The lowest BCUT2D eigenvalue weighted by molar-refractivity contribution is 0.169. The van der Waals surface area contributed by atoms with E-state index in [9.17, 15) is 0 Å². The van der Waals surface area contributed by atoms with Gasteiger partial charge in [-0.15, -0.1) is 0 Å². The number of piperazine rings is 1. The van der Waals surface area contributed by atoms with Gasteiger partial charge in [0, 0.05) is 62.2 Å². The number of fused-ring (bicyclic) bond motifs is 1. The van der Waals surface area contributed by atoms with Crippen molar-refractivity contribution in [1.82, 2.24) is 29.7 Å². The fourth-order valence-electron chi connectivity index (χ4n) is 3.34. The van der Waals surface area contributed by atoms with Crippen LogP contribution >= 0.6 is 15.9 Å². The first kappa shape index (κ1) is 18.9. The van der Waals surface area contributed by atoms with Gasteiger partial charge >= 0.3 is 0 Å². The molecule has 8 nitrogen and oxygen atoms in total. The number of halogens is 1. The summed E-state index contributed by atoms with van der Waals surface area (Å²) < 4.78 is 7.97. The number of nitrogens with zero attached hydrogens (tertiary/aromatic N) is 6. The van der Waals surface area contributed by atoms with Gasteiger partial charge in [0.05, 0.1) is 17.9 Å². The number of hydrogen-bond acceptors (Lipinski definition) is 5. The quantitative estimate of drug-likeness (QED) is 0.479. The molecule has 0 spiro atoms. The molecule has 0 radical (unpaired) electrons. The first-order valence-corrected chi connectivity index (χ1v) is 10.3. The van der Waals surface area contributed by atoms with Gasteiger partial charge in [0.1, 0.15) is 11.9 Å². The van der Waals surface area contributed by atoms with E-state index in [-0.39, 0.29) is 0 Å². The van der Waals surface area contributed by atoms with Gasteiger partial charge in [-0.2, -0.15) is 0 Å². The van der Waals surface area contributed by atoms with Crippen molar-refractivity contribution in [3.63, 3.8) is 0 Å². The fraction of sp³-hybridized carbons (Fsp3) is 0.421. The summed E-state index contributed by atoms with van der Waals surface area (Å²) in [5.41, 5.74) is 2.87. The molecule has 28 heavy (non-hydrogen) atoms. The maximum atomic E-state index is 4.92. The number of aromatic nitrogens is 3. The summed E-state index contributed by atoms with van der Waals surface area (Å²) in [5.74, 6) is 0.946. The molecular weight excluding hydrogens is 422 g/mol. The summed E-state index contributed by atoms with van der Waals surface area (Å²) in [6, 6.07) is 5.92. The molecule has 1 N–H and O–H groups in total. The summed E-state index contributed by atoms with van der Waals surface area (Å²) in [4.78, 5) is 14.2. The van der Waals surface area contributed by atoms with Gasteiger partial charge in [0.25, 0.3) is 0 Å². The van der Waals surface area contributed by atoms with E-state index in [1.54, 1.807) is 6.26 Å². The van der Waals surface area contributed by atoms with Crippen LogP contribution in [0.2, 0.25) is 0 Å². The molecular formula is C19H24BrN7O. The Morgan fingerprint density at radius 3 is 2.79 bits per heavy atom. The van der Waals surface area contributed by atoms with Crippen LogP contribution < -0.4 is 5.32 Å². The SMILES string of the molecule is CCNC(=NCc1cn2cc(Br)ccc2n1)N1CCN(Cc2ccon2)CC1. The zero-order valence-electron chi connectivity index (χ0n) is 15.9. The third kappa shape index (κ3) is 4.53. The molecule has 0 aliphatic carbocycles. The third-order valence-electron chi connectivity index (χ3n) is 4.74. The minimum Gasteiger partial charge on any atom is -0.364 e. The van der Waals surface area contributed by atoms with Crippen LogP contribution in [0.3, 0.4) is 0 Å². The van der Waals surface area contributed by atoms with Crippen LogP contribution in [0.5, 0.6) is 0 Å². The molecule has 0 saturated carbocycles. The van der Waals surface area contributed by atoms with Crippen LogP contribution in [0.15, 0.2) is 50.8 Å². The Morgan fingerprint density at radius 1 is 1.18 bits per heavy atom. The molecule has 0 amide bonds. The lowest BCUT2D eigenvalue weighted by atomic mass is 10.3. The van der Waals surface area contributed by atoms with Gasteiger partial charge in [-0.05, 0) is 35.0 Å². The predicted octanol–water partition coefficient (Wildman–Crippen LogP) is 2.37. The first-order valence-electron chi connectivity index (χ1n) is 9.49. The van der Waals surface area contributed by atoms with E-state index in [0.717, 1.165) is 66.7 Å². The van der Waals surface area contributed by atoms with Crippen LogP contribution in [-0.4, -0.2) is 63.0 Å². The van der Waals surface area contributed by atoms with Crippen molar-refractivity contribution in [3.8, 4) is 0 Å². The number of rotatable bonds is 5. The highest BCUT2D eigenvalue weighted by molar-refractivity contribution is 9.10. The fourth-order valence-corrected chi connectivity index (χ4v) is 3.69. The Bertz CT molecular complexity index is 929. The highest BCUT2D eigenvalue weighted by Gasteiger charge is 2.20. The summed E-state index contributed by atoms with van der Waals surface area (Å²) in [6.45, 7) is 8.13. The number of nitrogens with one attached hydrogen (secondary N) is 1. The Labute approximate surface area is 172 Å². The maximum absolute atomic E-state index is 4.92. The molecule has 148 valence electrons. The lowest BCUT2D eigenvalue weighted by Crippen LogP contribution is -2.52. The molecule has 1 aliphatic heterocycles. The van der Waals surface area contributed by atoms with Crippen LogP contribution in [0.1, 0.15) is 18.3 Å². The number of imidazole rings is 1. The third-order valence-corrected chi connectivity index (χ3v) is 5.21. The van der Waals surface area contributed by atoms with E-state index in [1.165, 1.54) is 0 Å². The molecule has 3 aromatic heterocycles. The smallest absolute Gasteiger partial charge is 0.194 e. The number of aliphatic imine (C=N–C) groups is 1. The minimum absolute atomic E-state index is 0.556. The second kappa shape index (κ2) is 8.74. The zero-order chi connectivity index (χ0) is 19.3. The zero-order valence-corrected chi connectivity index (χ0v) is 17.5. The normalized spacial score (nSPS) is 16.1. The highest BCUT2D eigenvalue weighted by atomic mass is 79.9. The van der Waals surface area contributed by atoms with Gasteiger partial charge in [-0.3, -0.25) is 4.90 Å². The van der Waals surface area contributed by atoms with Crippen molar-refractivity contribution >= 4 is 27.5 Å². The monoisotopic (exact) mass is 445 g/mol. The highest BCUT2D eigenvalue weighted by Crippen LogP contribution is 2.13. The first-order chi connectivity index (χ1) is 13.7. The van der Waals surface area contributed by atoms with Gasteiger partial charge in [-0.25, -0.2) is 9.98 Å². The molecule has 0 aromatic carbocycles. The number of hydrogen-bond donors (Lipinski definition) is 1. The molecule has 0 unspecified atom stereocenters. The van der Waals surface area contributed by atoms with Crippen molar-refractivity contribution in [2.45, 2.75) is 20.0 Å². The standard InChI is InChI=1S/C19H24BrN7O/c1-2-21-19(22-11-17-14-27-12-15(20)3-4-18(27)23-17)26-8-6-25(7-9-26)13-16-5-10-28-24-16/h3-5,10,12,14H,2,6-9,11,13H2,1H3,(H,21,22). The van der Waals surface area contributed by atoms with E-state index in [0.29, 0.717) is 6.54 Å². The summed E-state index contributed by atoms with van der Waals surface area (Å²) >= 11 is 3.49. The summed E-state index contributed by atoms with van der Waals surface area (Å²) in [7, 11) is 0. The van der Waals surface area contributed by atoms with Gasteiger partial charge in [0.15, 0.2) is 5.96 Å². The van der Waals surface area contributed by atoms with Crippen molar-refractivity contribution in [3.05, 3.63) is 52.7 Å². The topological polar surface area (TPSA) is 74.2 Å². The van der Waals surface area contributed by atoms with Crippen molar-refractivity contribution < 1.29 is 4.52 Å². The molecule has 9 heteroatoms. The molecule has 1 saturated heterocycles. The summed E-state index contributed by atoms with van der Waals surface area (Å²) in [6.07, 6.45) is 5.66. The second-order valence-electron chi connectivity index (χ2n) is 6.77. The summed E-state index contributed by atoms with van der Waals surface area (Å²) in [5, 5.41) is 7.42.